The topological polar surface area (TPSA) is 55.1 Å². The summed E-state index contributed by atoms with van der Waals surface area (Å²) in [6.07, 6.45) is 2.94. The number of rotatable bonds is 3. The smallest absolute Gasteiger partial charge is 0.354 e. The summed E-state index contributed by atoms with van der Waals surface area (Å²) >= 11 is 0. The van der Waals surface area contributed by atoms with E-state index in [1.807, 2.05) is 0 Å². The normalized spacial score (nSPS) is 11.0. The summed E-state index contributed by atoms with van der Waals surface area (Å²) in [5.74, 6) is -5.15. The summed E-state index contributed by atoms with van der Waals surface area (Å²) in [5.41, 5.74) is 0.442. The first-order valence-electron chi connectivity index (χ1n) is 6.28. The largest absolute Gasteiger partial charge is 0.477 e. The van der Waals surface area contributed by atoms with Crippen LogP contribution >= 0.6 is 0 Å². The summed E-state index contributed by atoms with van der Waals surface area (Å²) in [6, 6.07) is 5.05. The second-order valence-electron chi connectivity index (χ2n) is 4.71. The van der Waals surface area contributed by atoms with E-state index in [-0.39, 0.29) is 17.8 Å². The number of halogens is 3. The minimum atomic E-state index is -1.51. The number of hydrogen-bond donors (Lipinski definition) is 1. The molecule has 0 unspecified atom stereocenters. The first kappa shape index (κ1) is 14.1. The number of aromatic nitrogens is 2. The Balaban J connectivity index is 2.01. The molecule has 0 radical (unpaired) electrons. The van der Waals surface area contributed by atoms with Gasteiger partial charge in [-0.2, -0.15) is 0 Å². The number of carboxylic acid groups (broad SMARTS) is 1. The van der Waals surface area contributed by atoms with Crippen LogP contribution in [0, 0.1) is 17.5 Å². The van der Waals surface area contributed by atoms with Crippen LogP contribution in [0.3, 0.4) is 0 Å². The van der Waals surface area contributed by atoms with Gasteiger partial charge in [-0.25, -0.2) is 22.9 Å². The van der Waals surface area contributed by atoms with Gasteiger partial charge in [0.25, 0.3) is 0 Å². The van der Waals surface area contributed by atoms with Gasteiger partial charge in [0.05, 0.1) is 18.3 Å². The molecule has 0 amide bonds. The molecule has 0 bridgehead atoms. The zero-order valence-electron chi connectivity index (χ0n) is 11.1. The highest BCUT2D eigenvalue weighted by Crippen LogP contribution is 2.20. The maximum Gasteiger partial charge on any atom is 0.354 e. The molecule has 7 heteroatoms. The lowest BCUT2D eigenvalue weighted by Gasteiger charge is -2.08. The summed E-state index contributed by atoms with van der Waals surface area (Å²) in [6.45, 7) is -0.0272. The molecule has 0 spiro atoms. The Morgan fingerprint density at radius 2 is 1.95 bits per heavy atom. The lowest BCUT2D eigenvalue weighted by molar-refractivity contribution is 0.0690. The van der Waals surface area contributed by atoms with Crippen LogP contribution in [0.4, 0.5) is 13.2 Å². The molecule has 2 aromatic heterocycles. The van der Waals surface area contributed by atoms with Crippen molar-refractivity contribution >= 4 is 16.9 Å². The van der Waals surface area contributed by atoms with Crippen molar-refractivity contribution in [2.24, 2.45) is 0 Å². The Morgan fingerprint density at radius 3 is 2.68 bits per heavy atom. The van der Waals surface area contributed by atoms with E-state index in [0.717, 1.165) is 6.07 Å². The van der Waals surface area contributed by atoms with Gasteiger partial charge in [-0.1, -0.05) is 6.07 Å². The summed E-state index contributed by atoms with van der Waals surface area (Å²) in [5, 5.41) is 9.49. The fraction of sp³-hybridized carbons (Fsp3) is 0.0667. The van der Waals surface area contributed by atoms with E-state index in [2.05, 4.69) is 4.98 Å². The fourth-order valence-corrected chi connectivity index (χ4v) is 2.21. The van der Waals surface area contributed by atoms with Gasteiger partial charge >= 0.3 is 5.97 Å². The minimum Gasteiger partial charge on any atom is -0.477 e. The molecule has 22 heavy (non-hydrogen) atoms. The maximum absolute atomic E-state index is 13.7. The predicted molar refractivity (Wildman–Crippen MR) is 72.1 cm³/mol. The summed E-state index contributed by atoms with van der Waals surface area (Å²) in [4.78, 5) is 14.6. The Hall–Kier alpha value is -2.83. The van der Waals surface area contributed by atoms with Crippen LogP contribution < -0.4 is 0 Å². The summed E-state index contributed by atoms with van der Waals surface area (Å²) < 4.78 is 41.4. The third kappa shape index (κ3) is 2.30. The second kappa shape index (κ2) is 5.18. The molecule has 3 rings (SSSR count). The number of carboxylic acids is 1. The molecule has 0 fully saturated rings. The van der Waals surface area contributed by atoms with Crippen LogP contribution in [0.5, 0.6) is 0 Å². The number of hydrogen-bond acceptors (Lipinski definition) is 2. The number of carbonyl (C=O) groups is 1. The van der Waals surface area contributed by atoms with Crippen LogP contribution in [0.25, 0.3) is 10.9 Å². The van der Waals surface area contributed by atoms with Crippen molar-refractivity contribution in [3.63, 3.8) is 0 Å². The molecule has 3 aromatic rings. The van der Waals surface area contributed by atoms with E-state index in [9.17, 15) is 18.0 Å². The second-order valence-corrected chi connectivity index (χ2v) is 4.71. The Bertz CT molecular complexity index is 890. The lowest BCUT2D eigenvalue weighted by Crippen LogP contribution is -2.04. The predicted octanol–water partition coefficient (Wildman–Crippen LogP) is 3.20. The number of pyridine rings is 1. The van der Waals surface area contributed by atoms with Crippen molar-refractivity contribution in [3.8, 4) is 0 Å². The molecule has 0 saturated heterocycles. The lowest BCUT2D eigenvalue weighted by atomic mass is 10.2. The Kier molecular flexibility index (Phi) is 3.32. The third-order valence-corrected chi connectivity index (χ3v) is 3.33. The maximum atomic E-state index is 13.7. The molecular formula is C15H9F3N2O2. The highest BCUT2D eigenvalue weighted by atomic mass is 19.2. The average Bonchev–Trinajstić information content (AvgIpc) is 2.90. The van der Waals surface area contributed by atoms with Crippen molar-refractivity contribution in [1.29, 1.82) is 0 Å². The van der Waals surface area contributed by atoms with Crippen LogP contribution in [0.2, 0.25) is 0 Å². The van der Waals surface area contributed by atoms with Gasteiger partial charge in [0.15, 0.2) is 17.5 Å². The van der Waals surface area contributed by atoms with Gasteiger partial charge in [-0.3, -0.25) is 0 Å². The highest BCUT2D eigenvalue weighted by molar-refractivity contribution is 5.91. The van der Waals surface area contributed by atoms with Crippen molar-refractivity contribution in [2.75, 3.05) is 0 Å². The van der Waals surface area contributed by atoms with Crippen molar-refractivity contribution in [2.45, 2.75) is 6.54 Å². The van der Waals surface area contributed by atoms with E-state index >= 15 is 0 Å². The van der Waals surface area contributed by atoms with Gasteiger partial charge in [0, 0.05) is 17.1 Å². The first-order chi connectivity index (χ1) is 10.5. The van der Waals surface area contributed by atoms with E-state index in [1.54, 1.807) is 16.8 Å². The zero-order valence-corrected chi connectivity index (χ0v) is 11.1. The Morgan fingerprint density at radius 1 is 1.18 bits per heavy atom. The SMILES string of the molecule is O=C(O)c1cc2ccn(Cc3ccc(F)c(F)c3F)c2cn1. The van der Waals surface area contributed by atoms with Gasteiger partial charge < -0.3 is 9.67 Å². The zero-order chi connectivity index (χ0) is 15.9. The van der Waals surface area contributed by atoms with E-state index in [0.29, 0.717) is 10.9 Å². The van der Waals surface area contributed by atoms with Gasteiger partial charge in [-0.15, -0.1) is 0 Å². The fourth-order valence-electron chi connectivity index (χ4n) is 2.21. The van der Waals surface area contributed by atoms with E-state index < -0.39 is 23.4 Å². The molecule has 0 aliphatic rings. The molecule has 4 nitrogen and oxygen atoms in total. The van der Waals surface area contributed by atoms with Crippen LogP contribution in [-0.4, -0.2) is 20.6 Å². The monoisotopic (exact) mass is 306 g/mol. The van der Waals surface area contributed by atoms with Crippen LogP contribution in [0.15, 0.2) is 36.7 Å². The summed E-state index contributed by atoms with van der Waals surface area (Å²) in [7, 11) is 0. The third-order valence-electron chi connectivity index (χ3n) is 3.33. The highest BCUT2D eigenvalue weighted by Gasteiger charge is 2.15. The van der Waals surface area contributed by atoms with E-state index in [4.69, 9.17) is 5.11 Å². The van der Waals surface area contributed by atoms with Crippen LogP contribution in [0.1, 0.15) is 16.1 Å². The first-order valence-corrected chi connectivity index (χ1v) is 6.28. The van der Waals surface area contributed by atoms with Crippen molar-refractivity contribution in [3.05, 3.63) is 65.4 Å². The molecule has 0 atom stereocenters. The number of benzene rings is 1. The average molecular weight is 306 g/mol. The van der Waals surface area contributed by atoms with E-state index in [1.165, 1.54) is 18.3 Å². The van der Waals surface area contributed by atoms with Crippen molar-refractivity contribution < 1.29 is 23.1 Å². The number of nitrogens with zero attached hydrogens (tertiary/aromatic N) is 2. The molecule has 1 aromatic carbocycles. The molecule has 112 valence electrons. The van der Waals surface area contributed by atoms with Crippen LogP contribution in [-0.2, 0) is 6.54 Å². The minimum absolute atomic E-state index is 0.0151. The standard InChI is InChI=1S/C15H9F3N2O2/c16-10-2-1-9(13(17)14(10)18)7-20-4-3-8-5-11(15(21)22)19-6-12(8)20/h1-6H,7H2,(H,21,22). The molecule has 0 saturated carbocycles. The molecule has 0 aliphatic carbocycles. The number of fused-ring (bicyclic) bond motifs is 1. The molecule has 1 N–H and O–H groups in total. The molecule has 0 aliphatic heterocycles. The van der Waals surface area contributed by atoms with Crippen molar-refractivity contribution in [1.82, 2.24) is 9.55 Å². The molecule has 2 heterocycles. The van der Waals surface area contributed by atoms with Gasteiger partial charge in [0.1, 0.15) is 5.69 Å². The van der Waals surface area contributed by atoms with Gasteiger partial charge in [0.2, 0.25) is 0 Å². The number of aromatic carboxylic acids is 1. The molecular weight excluding hydrogens is 297 g/mol. The Labute approximate surface area is 122 Å². The quantitative estimate of drug-likeness (QED) is 0.756. The van der Waals surface area contributed by atoms with Gasteiger partial charge in [-0.05, 0) is 18.2 Å².